The SMILES string of the molecule is CC[C@H](C)[C@@H](C(CC(=O)N1CCC[C@H]1[C@H](OC)[C@@H](C)C(=O)N[C@H](C)[C@@H](O)C1C=CC=CC1)OC)N(C)C(=O)[C@@H](NC(=O)C(C(C)C)N(C)C(=O)COC(C)(C)CCOC(C)(C)CCNC(=O)OCc1ccc(NC(=O)CCCCNC(N)=O)cc1)C(C)C. The van der Waals surface area contributed by atoms with Gasteiger partial charge in [-0.3, -0.25) is 28.8 Å². The van der Waals surface area contributed by atoms with Gasteiger partial charge in [0.25, 0.3) is 0 Å². The van der Waals surface area contributed by atoms with Crippen LogP contribution in [0.5, 0.6) is 0 Å². The first kappa shape index (κ1) is 76.1. The summed E-state index contributed by atoms with van der Waals surface area (Å²) in [6.45, 7) is 23.6. The molecule has 0 aromatic heterocycles. The average molecular weight is 1240 g/mol. The molecule has 0 radical (unpaired) electrons. The molecule has 23 heteroatoms. The summed E-state index contributed by atoms with van der Waals surface area (Å²) in [5, 5.41) is 25.1. The van der Waals surface area contributed by atoms with E-state index < -0.39 is 89.6 Å². The summed E-state index contributed by atoms with van der Waals surface area (Å²) < 4.78 is 29.8. The second-order valence-corrected chi connectivity index (χ2v) is 25.7. The summed E-state index contributed by atoms with van der Waals surface area (Å²) in [5.74, 6) is -3.55. The summed E-state index contributed by atoms with van der Waals surface area (Å²) in [6.07, 6.45) is 10.0. The molecule has 498 valence electrons. The molecule has 3 rings (SSSR count). The van der Waals surface area contributed by atoms with Gasteiger partial charge in [-0.15, -0.1) is 0 Å². The number of nitrogens with zero attached hydrogens (tertiary/aromatic N) is 3. The third-order valence-corrected chi connectivity index (χ3v) is 17.1. The lowest BCUT2D eigenvalue weighted by molar-refractivity contribution is -0.151. The van der Waals surface area contributed by atoms with Gasteiger partial charge < -0.3 is 75.8 Å². The van der Waals surface area contributed by atoms with E-state index >= 15 is 0 Å². The molecule has 0 bridgehead atoms. The number of nitrogens with two attached hydrogens (primary N) is 1. The van der Waals surface area contributed by atoms with Crippen LogP contribution in [-0.4, -0.2) is 188 Å². The maximum atomic E-state index is 14.8. The lowest BCUT2D eigenvalue weighted by Gasteiger charge is -2.41. The number of hydrogen-bond acceptors (Lipinski definition) is 14. The number of likely N-dealkylation sites (N-methyl/N-ethyl adjacent to an activating group) is 2. The van der Waals surface area contributed by atoms with Crippen LogP contribution in [0.1, 0.15) is 153 Å². The number of unbranched alkanes of at least 4 members (excludes halogenated alkanes) is 1. The largest absolute Gasteiger partial charge is 0.445 e. The predicted molar refractivity (Wildman–Crippen MR) is 338 cm³/mol. The number of aliphatic hydroxyl groups is 1. The van der Waals surface area contributed by atoms with Gasteiger partial charge >= 0.3 is 12.1 Å². The van der Waals surface area contributed by atoms with Crippen molar-refractivity contribution < 1.29 is 67.1 Å². The molecular weight excluding hydrogens is 1130 g/mol. The topological polar surface area (TPSA) is 299 Å². The normalized spacial score (nSPS) is 18.2. The van der Waals surface area contributed by atoms with Crippen LogP contribution in [0.15, 0.2) is 48.6 Å². The first-order valence-electron chi connectivity index (χ1n) is 31.5. The third kappa shape index (κ3) is 24.7. The molecule has 3 unspecified atom stereocenters. The highest BCUT2D eigenvalue weighted by Gasteiger charge is 2.44. The van der Waals surface area contributed by atoms with Crippen LogP contribution in [0.3, 0.4) is 0 Å². The Kier molecular flexibility index (Phi) is 32.1. The fourth-order valence-corrected chi connectivity index (χ4v) is 11.3. The van der Waals surface area contributed by atoms with E-state index in [1.807, 2.05) is 93.5 Å². The molecular formula is C65H109N9O14. The van der Waals surface area contributed by atoms with Crippen LogP contribution in [-0.2, 0) is 59.1 Å². The Morgan fingerprint density at radius 2 is 1.48 bits per heavy atom. The van der Waals surface area contributed by atoms with Crippen LogP contribution in [0.25, 0.3) is 0 Å². The fourth-order valence-electron chi connectivity index (χ4n) is 11.3. The van der Waals surface area contributed by atoms with Crippen molar-refractivity contribution in [2.75, 3.05) is 66.5 Å². The van der Waals surface area contributed by atoms with Crippen molar-refractivity contribution in [3.63, 3.8) is 0 Å². The zero-order valence-electron chi connectivity index (χ0n) is 55.6. The molecule has 9 amide bonds. The monoisotopic (exact) mass is 1240 g/mol. The molecule has 1 fully saturated rings. The van der Waals surface area contributed by atoms with E-state index in [2.05, 4.69) is 26.6 Å². The Morgan fingerprint density at radius 3 is 2.07 bits per heavy atom. The Bertz CT molecular complexity index is 2450. The molecule has 1 saturated heterocycles. The lowest BCUT2D eigenvalue weighted by atomic mass is 9.89. The van der Waals surface area contributed by atoms with Crippen molar-refractivity contribution >= 4 is 53.3 Å². The minimum atomic E-state index is -0.995. The molecule has 1 heterocycles. The number of anilines is 1. The molecule has 1 aromatic rings. The van der Waals surface area contributed by atoms with Crippen LogP contribution >= 0.6 is 0 Å². The minimum absolute atomic E-state index is 0.0291. The Hall–Kier alpha value is -6.14. The van der Waals surface area contributed by atoms with Gasteiger partial charge in [0, 0.05) is 66.0 Å². The predicted octanol–water partition coefficient (Wildman–Crippen LogP) is 6.60. The van der Waals surface area contributed by atoms with E-state index in [0.29, 0.717) is 76.6 Å². The first-order chi connectivity index (χ1) is 41.4. The number of amides is 9. The van der Waals surface area contributed by atoms with Crippen molar-refractivity contribution in [1.82, 2.24) is 36.0 Å². The molecule has 1 aromatic carbocycles. The van der Waals surface area contributed by atoms with E-state index in [4.69, 9.17) is 29.4 Å². The van der Waals surface area contributed by atoms with E-state index in [0.717, 1.165) is 5.56 Å². The van der Waals surface area contributed by atoms with Crippen molar-refractivity contribution in [3.05, 3.63) is 54.1 Å². The number of allylic oxidation sites excluding steroid dienone is 3. The first-order valence-corrected chi connectivity index (χ1v) is 31.5. The second-order valence-electron chi connectivity index (χ2n) is 25.7. The number of primary amides is 1. The highest BCUT2D eigenvalue weighted by molar-refractivity contribution is 5.93. The zero-order valence-corrected chi connectivity index (χ0v) is 55.6. The number of carbonyl (C=O) groups excluding carboxylic acids is 8. The Balaban J connectivity index is 1.54. The van der Waals surface area contributed by atoms with E-state index in [-0.39, 0.29) is 80.1 Å². The molecule has 1 aliphatic carbocycles. The van der Waals surface area contributed by atoms with E-state index in [1.54, 1.807) is 62.0 Å². The van der Waals surface area contributed by atoms with Gasteiger partial charge in [-0.2, -0.15) is 0 Å². The summed E-state index contributed by atoms with van der Waals surface area (Å²) >= 11 is 0. The van der Waals surface area contributed by atoms with Crippen molar-refractivity contribution in [1.29, 1.82) is 0 Å². The number of hydrogen-bond donors (Lipinski definition) is 7. The van der Waals surface area contributed by atoms with Crippen molar-refractivity contribution in [2.24, 2.45) is 35.3 Å². The van der Waals surface area contributed by atoms with Crippen LogP contribution in [0.2, 0.25) is 0 Å². The van der Waals surface area contributed by atoms with Crippen LogP contribution in [0.4, 0.5) is 15.3 Å². The highest BCUT2D eigenvalue weighted by atomic mass is 16.5. The van der Waals surface area contributed by atoms with Gasteiger partial charge in [-0.05, 0) is 115 Å². The smallest absolute Gasteiger partial charge is 0.407 e. The number of methoxy groups -OCH3 is 2. The van der Waals surface area contributed by atoms with Gasteiger partial charge in [0.1, 0.15) is 25.3 Å². The number of alkyl carbamates (subject to hydrolysis) is 1. The number of nitrogens with one attached hydrogen (secondary N) is 5. The molecule has 88 heavy (non-hydrogen) atoms. The molecule has 1 aliphatic heterocycles. The molecule has 23 nitrogen and oxygen atoms in total. The van der Waals surface area contributed by atoms with Crippen molar-refractivity contribution in [3.8, 4) is 0 Å². The van der Waals surface area contributed by atoms with Gasteiger partial charge in [0.05, 0.1) is 66.6 Å². The zero-order chi connectivity index (χ0) is 66.1. The number of rotatable bonds is 38. The summed E-state index contributed by atoms with van der Waals surface area (Å²) in [4.78, 5) is 111. The number of aliphatic hydroxyl groups excluding tert-OH is 1. The number of ether oxygens (including phenoxy) is 5. The van der Waals surface area contributed by atoms with Crippen LogP contribution in [0, 0.1) is 29.6 Å². The lowest BCUT2D eigenvalue weighted by Crippen LogP contribution is -2.60. The maximum absolute atomic E-state index is 14.8. The van der Waals surface area contributed by atoms with Crippen molar-refractivity contribution in [2.45, 2.75) is 214 Å². The molecule has 0 saturated carbocycles. The summed E-state index contributed by atoms with van der Waals surface area (Å²) in [5.41, 5.74) is 4.96. The van der Waals surface area contributed by atoms with Crippen LogP contribution < -0.4 is 32.3 Å². The standard InChI is InChI=1S/C65H109N9O14/c1-17-43(6)56(50(84-15)38-52(76)74-36-23-26-49(74)58(85-16)44(7)59(79)69-45(8)57(78)47-24-19-18-20-25-47)73(14)61(81)54(41(2)3)71-60(80)55(42(4)5)72(13)53(77)40-88-65(11,12)33-37-87-64(9,10)32-35-68-63(83)86-39-46-28-30-48(31-29-46)70-51(75)27-21-22-34-67-62(66)82/h18-20,24,28-31,41-45,47,49-50,54-58,78H,17,21-23,25-27,32-40H2,1-16H3,(H,68,83)(H,69,79)(H,70,75)(H,71,80)(H3,66,67,82)/t43-,44+,45+,47?,49-,50?,54-,55?,56-,57+,58+/m0/s1. The maximum Gasteiger partial charge on any atom is 0.407 e. The van der Waals surface area contributed by atoms with Gasteiger partial charge in [0.15, 0.2) is 0 Å². The highest BCUT2D eigenvalue weighted by Crippen LogP contribution is 2.31. The molecule has 2 aliphatic rings. The summed E-state index contributed by atoms with van der Waals surface area (Å²) in [7, 11) is 6.29. The quantitative estimate of drug-likeness (QED) is 0.0343. The molecule has 0 spiro atoms. The number of carbonyl (C=O) groups is 8. The molecule has 11 atom stereocenters. The number of benzene rings is 1. The van der Waals surface area contributed by atoms with Gasteiger partial charge in [-0.25, -0.2) is 9.59 Å². The third-order valence-electron chi connectivity index (χ3n) is 17.1. The average Bonchev–Trinajstić information content (AvgIpc) is 4.01. The number of urea groups is 1. The Morgan fingerprint density at radius 1 is 0.807 bits per heavy atom. The Labute approximate surface area is 524 Å². The molecule has 8 N–H and O–H groups in total. The van der Waals surface area contributed by atoms with Gasteiger partial charge in [-0.1, -0.05) is 91.3 Å². The second kappa shape index (κ2) is 37.1. The van der Waals surface area contributed by atoms with Gasteiger partial charge in [0.2, 0.25) is 35.4 Å². The summed E-state index contributed by atoms with van der Waals surface area (Å²) in [6, 6.07) is 2.91. The fraction of sp³-hybridized carbons (Fsp3) is 0.723. The minimum Gasteiger partial charge on any atom is -0.445 e. The number of likely N-dealkylation sites (tertiary alicyclic amines) is 1. The van der Waals surface area contributed by atoms with E-state index in [9.17, 15) is 43.5 Å². The van der Waals surface area contributed by atoms with E-state index in [1.165, 1.54) is 19.1 Å².